The second kappa shape index (κ2) is 8.83. The summed E-state index contributed by atoms with van der Waals surface area (Å²) in [5, 5.41) is 3.00. The molecule has 1 saturated carbocycles. The van der Waals surface area contributed by atoms with Gasteiger partial charge in [0.2, 0.25) is 5.91 Å². The van der Waals surface area contributed by atoms with Crippen LogP contribution in [0, 0.1) is 12.7 Å². The lowest BCUT2D eigenvalue weighted by atomic mass is 9.95. The standard InChI is InChI=1S/C26H28FN3O4/c1-17-6-2-3-7-19(17)25(33)30-22(23(31)28-18-10-11-18)16-34-26(30)12-14-29(15-13-26)24(32)20-8-4-5-9-21(20)27/h2-9,18,22H,10-16H2,1H3,(H,28,31). The summed E-state index contributed by atoms with van der Waals surface area (Å²) in [6.45, 7) is 2.56. The number of rotatable bonds is 4. The zero-order valence-corrected chi connectivity index (χ0v) is 19.1. The van der Waals surface area contributed by atoms with Crippen molar-refractivity contribution < 1.29 is 23.5 Å². The molecule has 0 radical (unpaired) electrons. The second-order valence-electron chi connectivity index (χ2n) is 9.32. The number of benzene rings is 2. The van der Waals surface area contributed by atoms with Crippen molar-refractivity contribution in [2.24, 2.45) is 0 Å². The Bertz CT molecular complexity index is 1120. The average Bonchev–Trinajstić information content (AvgIpc) is 3.58. The van der Waals surface area contributed by atoms with Crippen LogP contribution >= 0.6 is 0 Å². The van der Waals surface area contributed by atoms with Crippen molar-refractivity contribution in [1.29, 1.82) is 0 Å². The molecule has 1 atom stereocenters. The zero-order chi connectivity index (χ0) is 23.9. The first-order chi connectivity index (χ1) is 16.4. The molecular weight excluding hydrogens is 437 g/mol. The quantitative estimate of drug-likeness (QED) is 0.753. The number of halogens is 1. The van der Waals surface area contributed by atoms with Crippen LogP contribution in [0.15, 0.2) is 48.5 Å². The minimum atomic E-state index is -0.989. The van der Waals surface area contributed by atoms with Gasteiger partial charge in [-0.25, -0.2) is 4.39 Å². The number of carbonyl (C=O) groups is 3. The lowest BCUT2D eigenvalue weighted by molar-refractivity contribution is -0.128. The number of aryl methyl sites for hydroxylation is 1. The van der Waals surface area contributed by atoms with Crippen LogP contribution in [0.1, 0.15) is 52.0 Å². The van der Waals surface area contributed by atoms with E-state index in [0.29, 0.717) is 31.5 Å². The van der Waals surface area contributed by atoms with Crippen LogP contribution in [0.2, 0.25) is 0 Å². The molecule has 2 saturated heterocycles. The van der Waals surface area contributed by atoms with Crippen LogP contribution in [0.3, 0.4) is 0 Å². The summed E-state index contributed by atoms with van der Waals surface area (Å²) in [6, 6.07) is 12.7. The molecule has 178 valence electrons. The van der Waals surface area contributed by atoms with Crippen LogP contribution in [0.25, 0.3) is 0 Å². The summed E-state index contributed by atoms with van der Waals surface area (Å²) in [6.07, 6.45) is 2.59. The summed E-state index contributed by atoms with van der Waals surface area (Å²) >= 11 is 0. The summed E-state index contributed by atoms with van der Waals surface area (Å²) in [5.74, 6) is -1.39. The summed E-state index contributed by atoms with van der Waals surface area (Å²) in [7, 11) is 0. The van der Waals surface area contributed by atoms with Gasteiger partial charge in [-0.15, -0.1) is 0 Å². The molecule has 2 heterocycles. The zero-order valence-electron chi connectivity index (χ0n) is 19.1. The fourth-order valence-electron chi connectivity index (χ4n) is 4.90. The van der Waals surface area contributed by atoms with E-state index in [9.17, 15) is 18.8 Å². The van der Waals surface area contributed by atoms with E-state index in [2.05, 4.69) is 5.32 Å². The third-order valence-corrected chi connectivity index (χ3v) is 7.02. The van der Waals surface area contributed by atoms with Crippen LogP contribution in [-0.4, -0.2) is 65.0 Å². The van der Waals surface area contributed by atoms with Crippen molar-refractivity contribution in [2.75, 3.05) is 19.7 Å². The summed E-state index contributed by atoms with van der Waals surface area (Å²) in [5.41, 5.74) is 0.390. The van der Waals surface area contributed by atoms with Gasteiger partial charge in [0.15, 0.2) is 0 Å². The molecule has 7 nitrogen and oxygen atoms in total. The predicted molar refractivity (Wildman–Crippen MR) is 123 cm³/mol. The predicted octanol–water partition coefficient (Wildman–Crippen LogP) is 2.89. The number of hydrogen-bond donors (Lipinski definition) is 1. The highest BCUT2D eigenvalue weighted by Gasteiger charge is 2.54. The van der Waals surface area contributed by atoms with Gasteiger partial charge >= 0.3 is 0 Å². The van der Waals surface area contributed by atoms with Crippen molar-refractivity contribution in [3.05, 3.63) is 71.0 Å². The highest BCUT2D eigenvalue weighted by Crippen LogP contribution is 2.39. The van der Waals surface area contributed by atoms with E-state index in [-0.39, 0.29) is 35.9 Å². The Morgan fingerprint density at radius 1 is 0.971 bits per heavy atom. The number of hydrogen-bond acceptors (Lipinski definition) is 4. The number of amides is 3. The van der Waals surface area contributed by atoms with Gasteiger partial charge in [0, 0.05) is 37.5 Å². The van der Waals surface area contributed by atoms with Crippen molar-refractivity contribution in [1.82, 2.24) is 15.1 Å². The lowest BCUT2D eigenvalue weighted by Gasteiger charge is -2.44. The number of piperidine rings is 1. The normalized spacial score (nSPS) is 21.5. The van der Waals surface area contributed by atoms with Gasteiger partial charge in [-0.1, -0.05) is 30.3 Å². The topological polar surface area (TPSA) is 79.0 Å². The van der Waals surface area contributed by atoms with E-state index < -0.39 is 17.6 Å². The lowest BCUT2D eigenvalue weighted by Crippen LogP contribution is -2.60. The smallest absolute Gasteiger partial charge is 0.257 e. The third kappa shape index (κ3) is 4.07. The van der Waals surface area contributed by atoms with E-state index in [1.54, 1.807) is 34.1 Å². The largest absolute Gasteiger partial charge is 0.353 e. The molecule has 0 aromatic heterocycles. The highest BCUT2D eigenvalue weighted by atomic mass is 19.1. The summed E-state index contributed by atoms with van der Waals surface area (Å²) in [4.78, 5) is 42.9. The Morgan fingerprint density at radius 3 is 2.26 bits per heavy atom. The molecule has 5 rings (SSSR count). The fourth-order valence-corrected chi connectivity index (χ4v) is 4.90. The molecule has 1 spiro atoms. The number of likely N-dealkylation sites (tertiary alicyclic amines) is 1. The van der Waals surface area contributed by atoms with Crippen LogP contribution in [0.5, 0.6) is 0 Å². The van der Waals surface area contributed by atoms with E-state index in [4.69, 9.17) is 4.74 Å². The van der Waals surface area contributed by atoms with Crippen molar-refractivity contribution in [2.45, 2.75) is 50.4 Å². The minimum absolute atomic E-state index is 0.0281. The molecule has 3 fully saturated rings. The van der Waals surface area contributed by atoms with E-state index in [0.717, 1.165) is 18.4 Å². The Labute approximate surface area is 197 Å². The Hall–Kier alpha value is -3.26. The van der Waals surface area contributed by atoms with Gasteiger partial charge in [0.1, 0.15) is 17.6 Å². The van der Waals surface area contributed by atoms with Crippen molar-refractivity contribution >= 4 is 17.7 Å². The maximum absolute atomic E-state index is 14.2. The molecule has 3 aliphatic rings. The second-order valence-corrected chi connectivity index (χ2v) is 9.32. The van der Waals surface area contributed by atoms with Crippen LogP contribution in [-0.2, 0) is 9.53 Å². The molecular formula is C26H28FN3O4. The average molecular weight is 466 g/mol. The molecule has 34 heavy (non-hydrogen) atoms. The van der Waals surface area contributed by atoms with Gasteiger partial charge in [-0.05, 0) is 43.5 Å². The summed E-state index contributed by atoms with van der Waals surface area (Å²) < 4.78 is 20.4. The Morgan fingerprint density at radius 2 is 1.62 bits per heavy atom. The Balaban J connectivity index is 1.40. The fraction of sp³-hybridized carbons (Fsp3) is 0.423. The van der Waals surface area contributed by atoms with Gasteiger partial charge < -0.3 is 15.0 Å². The van der Waals surface area contributed by atoms with E-state index >= 15 is 0 Å². The first kappa shape index (κ1) is 22.5. The van der Waals surface area contributed by atoms with E-state index in [1.165, 1.54) is 12.1 Å². The molecule has 1 unspecified atom stereocenters. The highest BCUT2D eigenvalue weighted by molar-refractivity contribution is 5.99. The van der Waals surface area contributed by atoms with Crippen LogP contribution in [0.4, 0.5) is 4.39 Å². The maximum Gasteiger partial charge on any atom is 0.257 e. The number of carbonyl (C=O) groups excluding carboxylic acids is 3. The molecule has 2 aliphatic heterocycles. The monoisotopic (exact) mass is 465 g/mol. The molecule has 2 aromatic rings. The van der Waals surface area contributed by atoms with Gasteiger partial charge in [0.05, 0.1) is 12.2 Å². The van der Waals surface area contributed by atoms with E-state index in [1.807, 2.05) is 19.1 Å². The van der Waals surface area contributed by atoms with Gasteiger partial charge in [-0.2, -0.15) is 0 Å². The van der Waals surface area contributed by atoms with Gasteiger partial charge in [0.25, 0.3) is 11.8 Å². The van der Waals surface area contributed by atoms with Crippen molar-refractivity contribution in [3.63, 3.8) is 0 Å². The number of nitrogens with one attached hydrogen (secondary N) is 1. The van der Waals surface area contributed by atoms with Crippen LogP contribution < -0.4 is 5.32 Å². The number of ether oxygens (including phenoxy) is 1. The first-order valence-electron chi connectivity index (χ1n) is 11.8. The molecule has 3 amide bonds. The molecule has 8 heteroatoms. The molecule has 2 aromatic carbocycles. The Kier molecular flexibility index (Phi) is 5.85. The van der Waals surface area contributed by atoms with Gasteiger partial charge in [-0.3, -0.25) is 19.3 Å². The molecule has 1 aliphatic carbocycles. The minimum Gasteiger partial charge on any atom is -0.353 e. The number of nitrogens with zero attached hydrogens (tertiary/aromatic N) is 2. The molecule has 0 bridgehead atoms. The first-order valence-corrected chi connectivity index (χ1v) is 11.8. The third-order valence-electron chi connectivity index (χ3n) is 7.02. The maximum atomic E-state index is 14.2. The SMILES string of the molecule is Cc1ccccc1C(=O)N1C(C(=O)NC2CC2)COC12CCN(C(=O)c1ccccc1F)CC2. The molecule has 1 N–H and O–H groups in total. The van der Waals surface area contributed by atoms with Crippen molar-refractivity contribution in [3.8, 4) is 0 Å².